The lowest BCUT2D eigenvalue weighted by Gasteiger charge is -2.18. The summed E-state index contributed by atoms with van der Waals surface area (Å²) in [6.45, 7) is 4.85. The number of halogens is 2. The highest BCUT2D eigenvalue weighted by molar-refractivity contribution is 14.1. The molecule has 2 rings (SSSR count). The topological polar surface area (TPSA) is 12.0 Å². The van der Waals surface area contributed by atoms with Gasteiger partial charge in [-0.3, -0.25) is 0 Å². The number of rotatable bonds is 5. The number of nitrogens with one attached hydrogen (secondary N) is 1. The average molecular weight is 389 g/mol. The standard InChI is InChI=1S/C15H17FINS/c1-3-6-18-15(12-8-14(17)19-9-12)11-5-4-10(2)13(16)7-11/h4-5,7-9,15,18H,3,6H2,1-2H3. The van der Waals surface area contributed by atoms with Crippen molar-refractivity contribution in [1.29, 1.82) is 0 Å². The molecule has 0 bridgehead atoms. The molecular weight excluding hydrogens is 372 g/mol. The zero-order chi connectivity index (χ0) is 13.8. The summed E-state index contributed by atoms with van der Waals surface area (Å²) in [5, 5.41) is 5.64. The third-order valence-electron chi connectivity index (χ3n) is 3.05. The Bertz CT molecular complexity index is 553. The van der Waals surface area contributed by atoms with Gasteiger partial charge < -0.3 is 5.32 Å². The Hall–Kier alpha value is -0.460. The van der Waals surface area contributed by atoms with Gasteiger partial charge in [-0.1, -0.05) is 19.1 Å². The molecule has 0 aliphatic carbocycles. The third kappa shape index (κ3) is 3.77. The molecule has 0 aliphatic rings. The lowest BCUT2D eigenvalue weighted by Crippen LogP contribution is -2.23. The quantitative estimate of drug-likeness (QED) is 0.719. The van der Waals surface area contributed by atoms with E-state index in [0.717, 1.165) is 18.5 Å². The van der Waals surface area contributed by atoms with Crippen LogP contribution in [0.4, 0.5) is 4.39 Å². The molecule has 4 heteroatoms. The van der Waals surface area contributed by atoms with E-state index < -0.39 is 0 Å². The molecule has 0 fully saturated rings. The zero-order valence-electron chi connectivity index (χ0n) is 11.0. The van der Waals surface area contributed by atoms with Gasteiger partial charge in [0.25, 0.3) is 0 Å². The maximum absolute atomic E-state index is 13.8. The molecule has 1 atom stereocenters. The largest absolute Gasteiger partial charge is 0.306 e. The van der Waals surface area contributed by atoms with E-state index in [2.05, 4.69) is 46.3 Å². The van der Waals surface area contributed by atoms with E-state index >= 15 is 0 Å². The molecule has 0 amide bonds. The molecule has 0 spiro atoms. The molecule has 1 nitrogen and oxygen atoms in total. The summed E-state index contributed by atoms with van der Waals surface area (Å²) in [7, 11) is 0. The zero-order valence-corrected chi connectivity index (χ0v) is 14.0. The van der Waals surface area contributed by atoms with Gasteiger partial charge in [0.05, 0.1) is 8.93 Å². The number of hydrogen-bond donors (Lipinski definition) is 1. The fourth-order valence-electron chi connectivity index (χ4n) is 1.98. The van der Waals surface area contributed by atoms with E-state index in [1.165, 1.54) is 8.45 Å². The van der Waals surface area contributed by atoms with Gasteiger partial charge in [0.15, 0.2) is 0 Å². The van der Waals surface area contributed by atoms with Crippen LogP contribution in [-0.2, 0) is 0 Å². The number of hydrogen-bond acceptors (Lipinski definition) is 2. The highest BCUT2D eigenvalue weighted by Gasteiger charge is 2.15. The van der Waals surface area contributed by atoms with E-state index in [4.69, 9.17) is 0 Å². The van der Waals surface area contributed by atoms with Crippen LogP contribution in [0.15, 0.2) is 29.6 Å². The second-order valence-corrected chi connectivity index (χ2v) is 7.39. The van der Waals surface area contributed by atoms with Crippen LogP contribution >= 0.6 is 33.9 Å². The maximum Gasteiger partial charge on any atom is 0.126 e. The highest BCUT2D eigenvalue weighted by Crippen LogP contribution is 2.28. The number of thiophene rings is 1. The first kappa shape index (κ1) is 14.9. The van der Waals surface area contributed by atoms with Crippen LogP contribution < -0.4 is 5.32 Å². The van der Waals surface area contributed by atoms with Gasteiger partial charge >= 0.3 is 0 Å². The predicted molar refractivity (Wildman–Crippen MR) is 88.3 cm³/mol. The number of aryl methyl sites for hydroxylation is 1. The SMILES string of the molecule is CCCNC(c1csc(I)c1)c1ccc(C)c(F)c1. The minimum atomic E-state index is -0.134. The normalized spacial score (nSPS) is 12.6. The van der Waals surface area contributed by atoms with Gasteiger partial charge in [-0.15, -0.1) is 11.3 Å². The van der Waals surface area contributed by atoms with Crippen molar-refractivity contribution in [3.63, 3.8) is 0 Å². The number of benzene rings is 1. The van der Waals surface area contributed by atoms with Crippen LogP contribution in [-0.4, -0.2) is 6.54 Å². The predicted octanol–water partition coefficient (Wildman–Crippen LogP) is 4.89. The van der Waals surface area contributed by atoms with Crippen molar-refractivity contribution in [2.45, 2.75) is 26.3 Å². The van der Waals surface area contributed by atoms with E-state index in [-0.39, 0.29) is 11.9 Å². The second kappa shape index (κ2) is 6.81. The highest BCUT2D eigenvalue weighted by atomic mass is 127. The summed E-state index contributed by atoms with van der Waals surface area (Å²) in [5.41, 5.74) is 2.90. The average Bonchev–Trinajstić information content (AvgIpc) is 2.80. The Morgan fingerprint density at radius 1 is 1.32 bits per heavy atom. The first-order chi connectivity index (χ1) is 9.11. The Kier molecular flexibility index (Phi) is 5.36. The minimum absolute atomic E-state index is 0.0785. The Balaban J connectivity index is 2.33. The van der Waals surface area contributed by atoms with E-state index in [1.54, 1.807) is 24.3 Å². The van der Waals surface area contributed by atoms with E-state index in [0.29, 0.717) is 5.56 Å². The fourth-order valence-corrected chi connectivity index (χ4v) is 3.38. The monoisotopic (exact) mass is 389 g/mol. The van der Waals surface area contributed by atoms with Gasteiger partial charge in [0, 0.05) is 0 Å². The Morgan fingerprint density at radius 3 is 2.68 bits per heavy atom. The van der Waals surface area contributed by atoms with Crippen molar-refractivity contribution < 1.29 is 4.39 Å². The summed E-state index contributed by atoms with van der Waals surface area (Å²) < 4.78 is 15.0. The van der Waals surface area contributed by atoms with Gasteiger partial charge in [-0.05, 0) is 76.7 Å². The van der Waals surface area contributed by atoms with Crippen LogP contribution in [0.3, 0.4) is 0 Å². The van der Waals surface area contributed by atoms with Crippen molar-refractivity contribution in [2.24, 2.45) is 0 Å². The van der Waals surface area contributed by atoms with Crippen molar-refractivity contribution in [3.05, 3.63) is 55.0 Å². The van der Waals surface area contributed by atoms with Crippen molar-refractivity contribution in [2.75, 3.05) is 6.54 Å². The third-order valence-corrected chi connectivity index (χ3v) is 4.86. The van der Waals surface area contributed by atoms with Crippen LogP contribution in [0.25, 0.3) is 0 Å². The van der Waals surface area contributed by atoms with Crippen LogP contribution in [0.5, 0.6) is 0 Å². The van der Waals surface area contributed by atoms with E-state index in [1.807, 2.05) is 12.1 Å². The molecule has 1 unspecified atom stereocenters. The minimum Gasteiger partial charge on any atom is -0.306 e. The summed E-state index contributed by atoms with van der Waals surface area (Å²) in [6.07, 6.45) is 1.06. The molecule has 1 N–H and O–H groups in total. The molecule has 102 valence electrons. The van der Waals surface area contributed by atoms with Crippen LogP contribution in [0.1, 0.15) is 36.1 Å². The first-order valence-electron chi connectivity index (χ1n) is 6.35. The molecule has 19 heavy (non-hydrogen) atoms. The summed E-state index contributed by atoms with van der Waals surface area (Å²) in [6, 6.07) is 7.75. The van der Waals surface area contributed by atoms with Gasteiger partial charge in [0.2, 0.25) is 0 Å². The second-order valence-electron chi connectivity index (χ2n) is 4.58. The van der Waals surface area contributed by atoms with E-state index in [9.17, 15) is 4.39 Å². The van der Waals surface area contributed by atoms with Gasteiger partial charge in [0.1, 0.15) is 5.82 Å². The van der Waals surface area contributed by atoms with Crippen molar-refractivity contribution in [1.82, 2.24) is 5.32 Å². The molecule has 0 saturated heterocycles. The van der Waals surface area contributed by atoms with Gasteiger partial charge in [-0.2, -0.15) is 0 Å². The molecule has 0 saturated carbocycles. The van der Waals surface area contributed by atoms with Crippen molar-refractivity contribution in [3.8, 4) is 0 Å². The summed E-state index contributed by atoms with van der Waals surface area (Å²) in [5.74, 6) is -0.134. The smallest absolute Gasteiger partial charge is 0.126 e. The molecule has 0 aliphatic heterocycles. The molecule has 0 radical (unpaired) electrons. The van der Waals surface area contributed by atoms with Crippen molar-refractivity contribution >= 4 is 33.9 Å². The molecule has 2 aromatic rings. The maximum atomic E-state index is 13.8. The molecule has 1 aromatic heterocycles. The summed E-state index contributed by atoms with van der Waals surface area (Å²) >= 11 is 4.04. The lowest BCUT2D eigenvalue weighted by molar-refractivity contribution is 0.583. The molecule has 1 aromatic carbocycles. The Labute approximate surface area is 131 Å². The lowest BCUT2D eigenvalue weighted by atomic mass is 9.99. The fraction of sp³-hybridized carbons (Fsp3) is 0.333. The van der Waals surface area contributed by atoms with Crippen LogP contribution in [0.2, 0.25) is 0 Å². The molecule has 1 heterocycles. The van der Waals surface area contributed by atoms with Crippen LogP contribution in [0, 0.1) is 15.6 Å². The summed E-state index contributed by atoms with van der Waals surface area (Å²) in [4.78, 5) is 0. The Morgan fingerprint density at radius 2 is 2.11 bits per heavy atom. The molecular formula is C15H17FINS. The first-order valence-corrected chi connectivity index (χ1v) is 8.31. The van der Waals surface area contributed by atoms with Gasteiger partial charge in [-0.25, -0.2) is 4.39 Å².